The van der Waals surface area contributed by atoms with Crippen molar-refractivity contribution < 1.29 is 14.6 Å². The average molecular weight is 229 g/mol. The molecule has 1 fully saturated rings. The molecule has 0 aliphatic heterocycles. The number of amides is 1. The number of aliphatic hydroxyl groups excluding tert-OH is 1. The number of hydrogen-bond acceptors (Lipinski definition) is 3. The molecule has 1 rings (SSSR count). The molecule has 1 unspecified atom stereocenters. The third kappa shape index (κ3) is 2.95. The monoisotopic (exact) mass is 229 g/mol. The van der Waals surface area contributed by atoms with Crippen molar-refractivity contribution in [2.75, 3.05) is 13.7 Å². The van der Waals surface area contributed by atoms with E-state index in [1.807, 2.05) is 13.8 Å². The highest BCUT2D eigenvalue weighted by atomic mass is 16.5. The minimum Gasteiger partial charge on any atom is -0.394 e. The molecule has 2 N–H and O–H groups in total. The van der Waals surface area contributed by atoms with Gasteiger partial charge in [-0.2, -0.15) is 0 Å². The van der Waals surface area contributed by atoms with Crippen molar-refractivity contribution in [2.45, 2.75) is 57.1 Å². The van der Waals surface area contributed by atoms with Gasteiger partial charge in [-0.05, 0) is 32.6 Å². The molecule has 0 saturated heterocycles. The molecule has 0 aromatic heterocycles. The molecule has 0 aromatic rings. The Morgan fingerprint density at radius 3 is 2.50 bits per heavy atom. The lowest BCUT2D eigenvalue weighted by atomic mass is 9.77. The minimum absolute atomic E-state index is 0.0278. The van der Waals surface area contributed by atoms with Gasteiger partial charge in [0.25, 0.3) is 0 Å². The standard InChI is InChI=1S/C12H23NO3/c1-4-11(2,9-14)13-10(15)8-12(16-3)6-5-7-12/h14H,4-9H2,1-3H3,(H,13,15). The van der Waals surface area contributed by atoms with Gasteiger partial charge in [0.15, 0.2) is 0 Å². The van der Waals surface area contributed by atoms with E-state index in [1.54, 1.807) is 7.11 Å². The third-order valence-corrected chi connectivity index (χ3v) is 3.75. The molecular weight excluding hydrogens is 206 g/mol. The van der Waals surface area contributed by atoms with Crippen molar-refractivity contribution in [3.05, 3.63) is 0 Å². The molecule has 0 bridgehead atoms. The highest BCUT2D eigenvalue weighted by molar-refractivity contribution is 5.78. The van der Waals surface area contributed by atoms with Crippen molar-refractivity contribution in [2.24, 2.45) is 0 Å². The van der Waals surface area contributed by atoms with Gasteiger partial charge in [0.05, 0.1) is 24.2 Å². The van der Waals surface area contributed by atoms with Crippen molar-refractivity contribution in [1.82, 2.24) is 5.32 Å². The SMILES string of the molecule is CCC(C)(CO)NC(=O)CC1(OC)CCC1. The first-order valence-electron chi connectivity index (χ1n) is 5.96. The topological polar surface area (TPSA) is 58.6 Å². The van der Waals surface area contributed by atoms with Crippen LogP contribution in [0.15, 0.2) is 0 Å². The van der Waals surface area contributed by atoms with E-state index in [9.17, 15) is 9.90 Å². The second-order valence-corrected chi connectivity index (χ2v) is 5.04. The summed E-state index contributed by atoms with van der Waals surface area (Å²) in [5, 5.41) is 12.1. The molecule has 1 aliphatic carbocycles. The number of rotatable bonds is 6. The summed E-state index contributed by atoms with van der Waals surface area (Å²) in [7, 11) is 1.66. The Balaban J connectivity index is 2.46. The van der Waals surface area contributed by atoms with E-state index < -0.39 is 5.54 Å². The Labute approximate surface area is 97.4 Å². The summed E-state index contributed by atoms with van der Waals surface area (Å²) in [5.41, 5.74) is -0.746. The maximum atomic E-state index is 11.8. The molecular formula is C12H23NO3. The first-order chi connectivity index (χ1) is 7.49. The smallest absolute Gasteiger partial charge is 0.223 e. The van der Waals surface area contributed by atoms with Crippen LogP contribution in [0.4, 0.5) is 0 Å². The highest BCUT2D eigenvalue weighted by Crippen LogP contribution is 2.38. The first kappa shape index (κ1) is 13.5. The Hall–Kier alpha value is -0.610. The van der Waals surface area contributed by atoms with Crippen LogP contribution < -0.4 is 5.32 Å². The fraction of sp³-hybridized carbons (Fsp3) is 0.917. The molecule has 0 heterocycles. The van der Waals surface area contributed by atoms with Gasteiger partial charge >= 0.3 is 0 Å². The fourth-order valence-electron chi connectivity index (χ4n) is 1.94. The number of ether oxygens (including phenoxy) is 1. The number of carbonyl (C=O) groups excluding carboxylic acids is 1. The summed E-state index contributed by atoms with van der Waals surface area (Å²) in [6.07, 6.45) is 4.16. The van der Waals surface area contributed by atoms with Gasteiger partial charge < -0.3 is 15.2 Å². The van der Waals surface area contributed by atoms with Gasteiger partial charge in [0.2, 0.25) is 5.91 Å². The van der Waals surface area contributed by atoms with Crippen LogP contribution in [0, 0.1) is 0 Å². The molecule has 1 atom stereocenters. The van der Waals surface area contributed by atoms with E-state index >= 15 is 0 Å². The Kier molecular flexibility index (Phi) is 4.33. The second-order valence-electron chi connectivity index (χ2n) is 5.04. The van der Waals surface area contributed by atoms with E-state index in [2.05, 4.69) is 5.32 Å². The second kappa shape index (κ2) is 5.15. The van der Waals surface area contributed by atoms with Crippen LogP contribution in [0.3, 0.4) is 0 Å². The minimum atomic E-state index is -0.504. The largest absolute Gasteiger partial charge is 0.394 e. The van der Waals surface area contributed by atoms with Crippen LogP contribution in [0.1, 0.15) is 46.0 Å². The van der Waals surface area contributed by atoms with Crippen molar-refractivity contribution >= 4 is 5.91 Å². The lowest BCUT2D eigenvalue weighted by Gasteiger charge is -2.40. The van der Waals surface area contributed by atoms with E-state index in [0.29, 0.717) is 6.42 Å². The van der Waals surface area contributed by atoms with Crippen molar-refractivity contribution in [3.8, 4) is 0 Å². The van der Waals surface area contributed by atoms with Gasteiger partial charge in [-0.1, -0.05) is 6.92 Å². The van der Waals surface area contributed by atoms with Crippen LogP contribution in [0.5, 0.6) is 0 Å². The molecule has 0 aromatic carbocycles. The van der Waals surface area contributed by atoms with Gasteiger partial charge in [0.1, 0.15) is 0 Å². The van der Waals surface area contributed by atoms with Gasteiger partial charge in [0, 0.05) is 7.11 Å². The Morgan fingerprint density at radius 2 is 2.19 bits per heavy atom. The van der Waals surface area contributed by atoms with E-state index in [4.69, 9.17) is 4.74 Å². The van der Waals surface area contributed by atoms with Crippen LogP contribution in [-0.2, 0) is 9.53 Å². The average Bonchev–Trinajstić information content (AvgIpc) is 2.23. The zero-order chi connectivity index (χ0) is 12.2. The molecule has 94 valence electrons. The Bertz CT molecular complexity index is 222. The maximum Gasteiger partial charge on any atom is 0.223 e. The number of carbonyl (C=O) groups is 1. The molecule has 1 aliphatic rings. The molecule has 16 heavy (non-hydrogen) atoms. The molecule has 1 saturated carbocycles. The normalized spacial score (nSPS) is 22.0. The predicted molar refractivity (Wildman–Crippen MR) is 62.1 cm³/mol. The summed E-state index contributed by atoms with van der Waals surface area (Å²) in [5.74, 6) is -0.0278. The molecule has 4 heteroatoms. The summed E-state index contributed by atoms with van der Waals surface area (Å²) in [4.78, 5) is 11.8. The van der Waals surface area contributed by atoms with Crippen LogP contribution in [0.2, 0.25) is 0 Å². The van der Waals surface area contributed by atoms with E-state index in [-0.39, 0.29) is 18.1 Å². The predicted octanol–water partition coefficient (Wildman–Crippen LogP) is 1.22. The van der Waals surface area contributed by atoms with Crippen LogP contribution >= 0.6 is 0 Å². The van der Waals surface area contributed by atoms with Gasteiger partial charge in [-0.15, -0.1) is 0 Å². The number of aliphatic hydroxyl groups is 1. The quantitative estimate of drug-likeness (QED) is 0.720. The lowest BCUT2D eigenvalue weighted by molar-refractivity contribution is -0.136. The van der Waals surface area contributed by atoms with Crippen molar-refractivity contribution in [3.63, 3.8) is 0 Å². The number of hydrogen-bond donors (Lipinski definition) is 2. The summed E-state index contributed by atoms with van der Waals surface area (Å²) < 4.78 is 5.40. The molecule has 1 amide bonds. The number of methoxy groups -OCH3 is 1. The van der Waals surface area contributed by atoms with E-state index in [0.717, 1.165) is 25.7 Å². The summed E-state index contributed by atoms with van der Waals surface area (Å²) in [6.45, 7) is 3.77. The fourth-order valence-corrected chi connectivity index (χ4v) is 1.94. The van der Waals surface area contributed by atoms with E-state index in [1.165, 1.54) is 0 Å². The zero-order valence-corrected chi connectivity index (χ0v) is 10.5. The van der Waals surface area contributed by atoms with Gasteiger partial charge in [-0.3, -0.25) is 4.79 Å². The van der Waals surface area contributed by atoms with Gasteiger partial charge in [-0.25, -0.2) is 0 Å². The van der Waals surface area contributed by atoms with Crippen LogP contribution in [-0.4, -0.2) is 35.9 Å². The van der Waals surface area contributed by atoms with Crippen LogP contribution in [0.25, 0.3) is 0 Å². The zero-order valence-electron chi connectivity index (χ0n) is 10.5. The molecule has 0 spiro atoms. The first-order valence-corrected chi connectivity index (χ1v) is 5.96. The third-order valence-electron chi connectivity index (χ3n) is 3.75. The molecule has 4 nitrogen and oxygen atoms in total. The summed E-state index contributed by atoms with van der Waals surface area (Å²) in [6, 6.07) is 0. The number of nitrogens with one attached hydrogen (secondary N) is 1. The highest BCUT2D eigenvalue weighted by Gasteiger charge is 2.39. The lowest BCUT2D eigenvalue weighted by Crippen LogP contribution is -2.52. The van der Waals surface area contributed by atoms with Crippen molar-refractivity contribution in [1.29, 1.82) is 0 Å². The molecule has 0 radical (unpaired) electrons. The summed E-state index contributed by atoms with van der Waals surface area (Å²) >= 11 is 0. The Morgan fingerprint density at radius 1 is 1.56 bits per heavy atom. The maximum absolute atomic E-state index is 11.8.